The fourth-order valence-corrected chi connectivity index (χ4v) is 2.34. The molecule has 2 rings (SSSR count). The molecule has 3 N–H and O–H groups in total. The lowest BCUT2D eigenvalue weighted by Gasteiger charge is -2.26. The summed E-state index contributed by atoms with van der Waals surface area (Å²) in [5.41, 5.74) is 6.11. The first-order valence-electron chi connectivity index (χ1n) is 6.09. The molecule has 0 aliphatic heterocycles. The van der Waals surface area contributed by atoms with Crippen LogP contribution in [-0.4, -0.2) is 14.8 Å². The van der Waals surface area contributed by atoms with Crippen molar-refractivity contribution in [3.8, 4) is 5.69 Å². The standard InChI is InChI=1S/C13H16Cl2N4O/c1-13(2,3)10(16)11-17-18-12(20)19(11)9-5-7(14)4-8(15)6-9/h4-6,10H,16H2,1-3H3,(H,18,20)/t10-/m1/s1. The molecule has 5 nitrogen and oxygen atoms in total. The van der Waals surface area contributed by atoms with Crippen LogP contribution in [0.15, 0.2) is 23.0 Å². The maximum Gasteiger partial charge on any atom is 0.347 e. The predicted molar refractivity (Wildman–Crippen MR) is 80.6 cm³/mol. The fourth-order valence-electron chi connectivity index (χ4n) is 1.82. The second-order valence-electron chi connectivity index (χ2n) is 5.69. The van der Waals surface area contributed by atoms with Gasteiger partial charge in [-0.25, -0.2) is 14.5 Å². The Kier molecular flexibility index (Phi) is 3.95. The van der Waals surface area contributed by atoms with Crippen LogP contribution < -0.4 is 11.4 Å². The van der Waals surface area contributed by atoms with Gasteiger partial charge in [-0.2, -0.15) is 5.10 Å². The first kappa shape index (κ1) is 15.1. The van der Waals surface area contributed by atoms with E-state index in [0.717, 1.165) is 0 Å². The number of hydrogen-bond acceptors (Lipinski definition) is 3. The molecule has 0 saturated heterocycles. The van der Waals surface area contributed by atoms with E-state index in [0.29, 0.717) is 21.6 Å². The van der Waals surface area contributed by atoms with E-state index >= 15 is 0 Å². The van der Waals surface area contributed by atoms with Gasteiger partial charge >= 0.3 is 5.69 Å². The molecule has 0 spiro atoms. The van der Waals surface area contributed by atoms with Gasteiger partial charge in [0.05, 0.1) is 11.7 Å². The monoisotopic (exact) mass is 314 g/mol. The Bertz CT molecular complexity index is 664. The van der Waals surface area contributed by atoms with E-state index in [9.17, 15) is 4.79 Å². The molecule has 2 aromatic rings. The Labute approximate surface area is 126 Å². The molecule has 0 aliphatic carbocycles. The number of nitrogens with one attached hydrogen (secondary N) is 1. The number of aromatic nitrogens is 3. The lowest BCUT2D eigenvalue weighted by Crippen LogP contribution is -2.30. The van der Waals surface area contributed by atoms with E-state index in [1.807, 2.05) is 20.8 Å². The van der Waals surface area contributed by atoms with Gasteiger partial charge in [0.2, 0.25) is 0 Å². The van der Waals surface area contributed by atoms with Gasteiger partial charge in [-0.3, -0.25) is 0 Å². The first-order valence-corrected chi connectivity index (χ1v) is 6.85. The molecule has 1 atom stereocenters. The lowest BCUT2D eigenvalue weighted by atomic mass is 9.87. The van der Waals surface area contributed by atoms with Crippen LogP contribution in [0.2, 0.25) is 10.0 Å². The van der Waals surface area contributed by atoms with E-state index in [1.54, 1.807) is 18.2 Å². The van der Waals surface area contributed by atoms with E-state index in [2.05, 4.69) is 10.2 Å². The van der Waals surface area contributed by atoms with Gasteiger partial charge in [0, 0.05) is 10.0 Å². The number of rotatable bonds is 2. The third-order valence-corrected chi connectivity index (χ3v) is 3.45. The molecule has 0 radical (unpaired) electrons. The summed E-state index contributed by atoms with van der Waals surface area (Å²) in [5.74, 6) is 0.445. The van der Waals surface area contributed by atoms with Gasteiger partial charge in [-0.05, 0) is 23.6 Å². The highest BCUT2D eigenvalue weighted by Crippen LogP contribution is 2.30. The highest BCUT2D eigenvalue weighted by molar-refractivity contribution is 6.34. The zero-order valence-electron chi connectivity index (χ0n) is 11.4. The molecule has 0 fully saturated rings. The van der Waals surface area contributed by atoms with Gasteiger partial charge in [0.1, 0.15) is 0 Å². The molecule has 0 amide bonds. The summed E-state index contributed by atoms with van der Waals surface area (Å²) in [7, 11) is 0. The summed E-state index contributed by atoms with van der Waals surface area (Å²) >= 11 is 12.0. The molecule has 108 valence electrons. The summed E-state index contributed by atoms with van der Waals surface area (Å²) in [6, 6.07) is 4.47. The molecule has 20 heavy (non-hydrogen) atoms. The van der Waals surface area contributed by atoms with Crippen molar-refractivity contribution in [3.63, 3.8) is 0 Å². The Balaban J connectivity index is 2.63. The van der Waals surface area contributed by atoms with E-state index in [-0.39, 0.29) is 11.1 Å². The molecule has 0 saturated carbocycles. The van der Waals surface area contributed by atoms with Crippen molar-refractivity contribution in [1.29, 1.82) is 0 Å². The number of nitrogens with zero attached hydrogens (tertiary/aromatic N) is 2. The van der Waals surface area contributed by atoms with Gasteiger partial charge in [-0.15, -0.1) is 0 Å². The predicted octanol–water partition coefficient (Wildman–Crippen LogP) is 2.91. The minimum absolute atomic E-state index is 0.244. The largest absolute Gasteiger partial charge is 0.347 e. The number of aromatic amines is 1. The Morgan fingerprint density at radius 3 is 2.30 bits per heavy atom. The number of benzene rings is 1. The molecule has 0 aliphatic rings. The Morgan fingerprint density at radius 1 is 1.25 bits per heavy atom. The summed E-state index contributed by atoms with van der Waals surface area (Å²) in [6.45, 7) is 5.93. The van der Waals surface area contributed by atoms with E-state index in [1.165, 1.54) is 4.57 Å². The van der Waals surface area contributed by atoms with Crippen molar-refractivity contribution in [2.45, 2.75) is 26.8 Å². The number of hydrogen-bond donors (Lipinski definition) is 2. The van der Waals surface area contributed by atoms with Crippen LogP contribution in [-0.2, 0) is 0 Å². The maximum absolute atomic E-state index is 12.0. The zero-order valence-corrected chi connectivity index (χ0v) is 13.0. The van der Waals surface area contributed by atoms with E-state index < -0.39 is 6.04 Å². The second-order valence-corrected chi connectivity index (χ2v) is 6.57. The van der Waals surface area contributed by atoms with Gasteiger partial charge in [-0.1, -0.05) is 44.0 Å². The molecule has 1 aromatic carbocycles. The van der Waals surface area contributed by atoms with Crippen LogP contribution in [0.1, 0.15) is 32.6 Å². The van der Waals surface area contributed by atoms with Crippen LogP contribution in [0.25, 0.3) is 5.69 Å². The van der Waals surface area contributed by atoms with Crippen LogP contribution >= 0.6 is 23.2 Å². The highest BCUT2D eigenvalue weighted by atomic mass is 35.5. The molecule has 0 unspecified atom stereocenters. The Hall–Kier alpha value is -1.30. The van der Waals surface area contributed by atoms with Crippen LogP contribution in [0.3, 0.4) is 0 Å². The summed E-state index contributed by atoms with van der Waals surface area (Å²) in [4.78, 5) is 12.0. The number of H-pyrrole nitrogens is 1. The highest BCUT2D eigenvalue weighted by Gasteiger charge is 2.28. The topological polar surface area (TPSA) is 76.7 Å². The molecule has 1 aromatic heterocycles. The van der Waals surface area contributed by atoms with Gasteiger partial charge in [0.25, 0.3) is 0 Å². The van der Waals surface area contributed by atoms with Crippen LogP contribution in [0, 0.1) is 5.41 Å². The summed E-state index contributed by atoms with van der Waals surface area (Å²) < 4.78 is 1.40. The fraction of sp³-hybridized carbons (Fsp3) is 0.385. The normalized spacial score (nSPS) is 13.5. The van der Waals surface area contributed by atoms with Crippen LogP contribution in [0.4, 0.5) is 0 Å². The Morgan fingerprint density at radius 2 is 1.80 bits per heavy atom. The molecular weight excluding hydrogens is 299 g/mol. The average molecular weight is 315 g/mol. The molecule has 1 heterocycles. The van der Waals surface area contributed by atoms with E-state index in [4.69, 9.17) is 28.9 Å². The minimum Gasteiger partial charge on any atom is -0.321 e. The van der Waals surface area contributed by atoms with Gasteiger partial charge < -0.3 is 5.73 Å². The molecular formula is C13H16Cl2N4O. The van der Waals surface area contributed by atoms with Crippen molar-refractivity contribution >= 4 is 23.2 Å². The van der Waals surface area contributed by atoms with Crippen molar-refractivity contribution in [3.05, 3.63) is 44.6 Å². The summed E-state index contributed by atoms with van der Waals surface area (Å²) in [5, 5.41) is 7.33. The SMILES string of the molecule is CC(C)(C)[C@H](N)c1n[nH]c(=O)n1-c1cc(Cl)cc(Cl)c1. The third kappa shape index (κ3) is 2.90. The van der Waals surface area contributed by atoms with Crippen molar-refractivity contribution in [1.82, 2.24) is 14.8 Å². The third-order valence-electron chi connectivity index (χ3n) is 3.01. The minimum atomic E-state index is -0.417. The lowest BCUT2D eigenvalue weighted by molar-refractivity contribution is 0.312. The number of nitrogens with two attached hydrogens (primary N) is 1. The van der Waals surface area contributed by atoms with Crippen molar-refractivity contribution in [2.24, 2.45) is 11.1 Å². The second kappa shape index (κ2) is 5.24. The average Bonchev–Trinajstić information content (AvgIpc) is 2.67. The van der Waals surface area contributed by atoms with Crippen LogP contribution in [0.5, 0.6) is 0 Å². The quantitative estimate of drug-likeness (QED) is 0.894. The number of halogens is 2. The van der Waals surface area contributed by atoms with Crippen molar-refractivity contribution in [2.75, 3.05) is 0 Å². The first-order chi connectivity index (χ1) is 9.20. The maximum atomic E-state index is 12.0. The molecule has 0 bridgehead atoms. The molecule has 7 heteroatoms. The smallest absolute Gasteiger partial charge is 0.321 e. The van der Waals surface area contributed by atoms with Crippen molar-refractivity contribution < 1.29 is 0 Å². The van der Waals surface area contributed by atoms with Gasteiger partial charge in [0.15, 0.2) is 5.82 Å². The zero-order chi connectivity index (χ0) is 15.1. The summed E-state index contributed by atoms with van der Waals surface area (Å²) in [6.07, 6.45) is 0.